The van der Waals surface area contributed by atoms with Gasteiger partial charge in [0.15, 0.2) is 0 Å². The molecule has 1 aromatic heterocycles. The Labute approximate surface area is 115 Å². The summed E-state index contributed by atoms with van der Waals surface area (Å²) in [4.78, 5) is 6.89. The highest BCUT2D eigenvalue weighted by molar-refractivity contribution is 5.93. The maximum Gasteiger partial charge on any atom is 0.0727 e. The number of nitrogens with zero attached hydrogens (tertiary/aromatic N) is 2. The van der Waals surface area contributed by atoms with Crippen LogP contribution < -0.4 is 10.6 Å². The molecule has 102 valence electrons. The molecule has 0 bridgehead atoms. The van der Waals surface area contributed by atoms with Gasteiger partial charge < -0.3 is 10.6 Å². The van der Waals surface area contributed by atoms with E-state index < -0.39 is 0 Å². The minimum atomic E-state index is 0.676. The summed E-state index contributed by atoms with van der Waals surface area (Å²) in [7, 11) is 2.14. The minimum absolute atomic E-state index is 0.676. The van der Waals surface area contributed by atoms with Crippen LogP contribution in [0, 0.1) is 12.8 Å². The molecule has 0 amide bonds. The molecule has 3 nitrogen and oxygen atoms in total. The van der Waals surface area contributed by atoms with Crippen molar-refractivity contribution >= 4 is 22.3 Å². The lowest BCUT2D eigenvalue weighted by atomic mass is 10.1. The summed E-state index contributed by atoms with van der Waals surface area (Å²) in [5, 5.41) is 1.14. The average Bonchev–Trinajstić information content (AvgIpc) is 2.38. The van der Waals surface area contributed by atoms with Crippen LogP contribution in [-0.4, -0.2) is 18.6 Å². The van der Waals surface area contributed by atoms with Crippen molar-refractivity contribution in [2.75, 3.05) is 24.2 Å². The van der Waals surface area contributed by atoms with Crippen molar-refractivity contribution in [3.05, 3.63) is 30.0 Å². The zero-order chi connectivity index (χ0) is 14.0. The number of anilines is 2. The van der Waals surface area contributed by atoms with E-state index >= 15 is 0 Å². The Bertz CT molecular complexity index is 577. The SMILES string of the molecule is CCC(C)CN(C)c1cc(C)nc2ccc(N)cc12. The summed E-state index contributed by atoms with van der Waals surface area (Å²) in [6.07, 6.45) is 1.19. The fraction of sp³-hybridized carbons (Fsp3) is 0.438. The van der Waals surface area contributed by atoms with Gasteiger partial charge in [-0.1, -0.05) is 20.3 Å². The summed E-state index contributed by atoms with van der Waals surface area (Å²) >= 11 is 0. The van der Waals surface area contributed by atoms with Crippen LogP contribution in [0.15, 0.2) is 24.3 Å². The first-order valence-electron chi connectivity index (χ1n) is 6.89. The van der Waals surface area contributed by atoms with Gasteiger partial charge in [0.25, 0.3) is 0 Å². The number of nitrogen functional groups attached to an aromatic ring is 1. The Balaban J connectivity index is 2.48. The number of hydrogen-bond donors (Lipinski definition) is 1. The van der Waals surface area contributed by atoms with Crippen molar-refractivity contribution in [1.82, 2.24) is 4.98 Å². The van der Waals surface area contributed by atoms with Crippen molar-refractivity contribution in [2.24, 2.45) is 5.92 Å². The lowest BCUT2D eigenvalue weighted by molar-refractivity contribution is 0.560. The van der Waals surface area contributed by atoms with E-state index in [1.165, 1.54) is 12.1 Å². The van der Waals surface area contributed by atoms with E-state index in [2.05, 4.69) is 36.8 Å². The van der Waals surface area contributed by atoms with Crippen LogP contribution in [-0.2, 0) is 0 Å². The van der Waals surface area contributed by atoms with Crippen molar-refractivity contribution in [3.63, 3.8) is 0 Å². The molecule has 0 spiro atoms. The van der Waals surface area contributed by atoms with E-state index in [4.69, 9.17) is 5.73 Å². The summed E-state index contributed by atoms with van der Waals surface area (Å²) in [5.74, 6) is 0.676. The standard InChI is InChI=1S/C16H23N3/c1-5-11(2)10-19(4)16-8-12(3)18-15-7-6-13(17)9-14(15)16/h6-9,11H,5,10,17H2,1-4H3. The highest BCUT2D eigenvalue weighted by atomic mass is 15.1. The van der Waals surface area contributed by atoms with Crippen LogP contribution in [0.2, 0.25) is 0 Å². The maximum absolute atomic E-state index is 5.91. The molecular weight excluding hydrogens is 234 g/mol. The summed E-state index contributed by atoms with van der Waals surface area (Å²) in [6.45, 7) is 7.59. The van der Waals surface area contributed by atoms with Gasteiger partial charge in [-0.25, -0.2) is 0 Å². The number of pyridine rings is 1. The quantitative estimate of drug-likeness (QED) is 0.851. The number of rotatable bonds is 4. The maximum atomic E-state index is 5.91. The predicted molar refractivity (Wildman–Crippen MR) is 83.6 cm³/mol. The first-order chi connectivity index (χ1) is 9.01. The Morgan fingerprint density at radius 1 is 1.32 bits per heavy atom. The van der Waals surface area contributed by atoms with Crippen molar-refractivity contribution in [3.8, 4) is 0 Å². The molecule has 0 fully saturated rings. The Hall–Kier alpha value is -1.77. The molecular formula is C16H23N3. The summed E-state index contributed by atoms with van der Waals surface area (Å²) in [5.41, 5.74) is 9.98. The van der Waals surface area contributed by atoms with Gasteiger partial charge in [0, 0.05) is 36.0 Å². The van der Waals surface area contributed by atoms with Crippen LogP contribution in [0.1, 0.15) is 26.0 Å². The van der Waals surface area contributed by atoms with Crippen LogP contribution in [0.5, 0.6) is 0 Å². The predicted octanol–water partition coefficient (Wildman–Crippen LogP) is 3.61. The van der Waals surface area contributed by atoms with Crippen LogP contribution in [0.4, 0.5) is 11.4 Å². The molecule has 2 N–H and O–H groups in total. The first-order valence-corrected chi connectivity index (χ1v) is 6.89. The molecule has 0 saturated carbocycles. The second kappa shape index (κ2) is 5.47. The number of fused-ring (bicyclic) bond motifs is 1. The smallest absolute Gasteiger partial charge is 0.0727 e. The molecule has 1 aromatic carbocycles. The molecule has 1 atom stereocenters. The Kier molecular flexibility index (Phi) is 3.93. The highest BCUT2D eigenvalue weighted by Crippen LogP contribution is 2.28. The lowest BCUT2D eigenvalue weighted by Crippen LogP contribution is -2.24. The minimum Gasteiger partial charge on any atom is -0.399 e. The average molecular weight is 257 g/mol. The number of benzene rings is 1. The van der Waals surface area contributed by atoms with E-state index in [9.17, 15) is 0 Å². The molecule has 0 aliphatic heterocycles. The van der Waals surface area contributed by atoms with E-state index in [1.807, 2.05) is 25.1 Å². The molecule has 1 unspecified atom stereocenters. The van der Waals surface area contributed by atoms with Gasteiger partial charge in [0.1, 0.15) is 0 Å². The van der Waals surface area contributed by atoms with Gasteiger partial charge >= 0.3 is 0 Å². The third-order valence-corrected chi connectivity index (χ3v) is 3.63. The molecule has 1 heterocycles. The van der Waals surface area contributed by atoms with Crippen molar-refractivity contribution in [1.29, 1.82) is 0 Å². The zero-order valence-electron chi connectivity index (χ0n) is 12.3. The number of nitrogens with two attached hydrogens (primary N) is 1. The fourth-order valence-electron chi connectivity index (χ4n) is 2.36. The number of aromatic nitrogens is 1. The molecule has 19 heavy (non-hydrogen) atoms. The molecule has 3 heteroatoms. The van der Waals surface area contributed by atoms with Crippen molar-refractivity contribution < 1.29 is 0 Å². The van der Waals surface area contributed by atoms with Gasteiger partial charge in [0.2, 0.25) is 0 Å². The third-order valence-electron chi connectivity index (χ3n) is 3.63. The second-order valence-corrected chi connectivity index (χ2v) is 5.45. The number of hydrogen-bond acceptors (Lipinski definition) is 3. The third kappa shape index (κ3) is 2.98. The number of aryl methyl sites for hydroxylation is 1. The van der Waals surface area contributed by atoms with Crippen LogP contribution >= 0.6 is 0 Å². The van der Waals surface area contributed by atoms with Crippen molar-refractivity contribution in [2.45, 2.75) is 27.2 Å². The van der Waals surface area contributed by atoms with Gasteiger partial charge in [-0.3, -0.25) is 4.98 Å². The zero-order valence-corrected chi connectivity index (χ0v) is 12.3. The van der Waals surface area contributed by atoms with Gasteiger partial charge in [-0.15, -0.1) is 0 Å². The summed E-state index contributed by atoms with van der Waals surface area (Å²) in [6, 6.07) is 8.07. The largest absolute Gasteiger partial charge is 0.399 e. The van der Waals surface area contributed by atoms with E-state index in [-0.39, 0.29) is 0 Å². The van der Waals surface area contributed by atoms with Gasteiger partial charge in [0.05, 0.1) is 5.52 Å². The highest BCUT2D eigenvalue weighted by Gasteiger charge is 2.11. The van der Waals surface area contributed by atoms with E-state index in [0.29, 0.717) is 5.92 Å². The van der Waals surface area contributed by atoms with Crippen LogP contribution in [0.3, 0.4) is 0 Å². The second-order valence-electron chi connectivity index (χ2n) is 5.45. The first kappa shape index (κ1) is 13.7. The molecule has 0 aliphatic carbocycles. The summed E-state index contributed by atoms with van der Waals surface area (Å²) < 4.78 is 0. The molecule has 2 rings (SSSR count). The Morgan fingerprint density at radius 2 is 2.05 bits per heavy atom. The Morgan fingerprint density at radius 3 is 2.74 bits per heavy atom. The fourth-order valence-corrected chi connectivity index (χ4v) is 2.36. The molecule has 0 saturated heterocycles. The topological polar surface area (TPSA) is 42.2 Å². The van der Waals surface area contributed by atoms with E-state index in [1.54, 1.807) is 0 Å². The normalized spacial score (nSPS) is 12.6. The molecule has 0 radical (unpaired) electrons. The monoisotopic (exact) mass is 257 g/mol. The lowest BCUT2D eigenvalue weighted by Gasteiger charge is -2.24. The molecule has 2 aromatic rings. The van der Waals surface area contributed by atoms with E-state index in [0.717, 1.165) is 28.8 Å². The molecule has 0 aliphatic rings. The van der Waals surface area contributed by atoms with Crippen LogP contribution in [0.25, 0.3) is 10.9 Å². The van der Waals surface area contributed by atoms with Gasteiger partial charge in [-0.05, 0) is 37.1 Å². The van der Waals surface area contributed by atoms with Gasteiger partial charge in [-0.2, -0.15) is 0 Å².